The van der Waals surface area contributed by atoms with Gasteiger partial charge in [0.15, 0.2) is 5.65 Å². The minimum atomic E-state index is -0.236. The molecule has 21 heavy (non-hydrogen) atoms. The lowest BCUT2D eigenvalue weighted by Crippen LogP contribution is -2.18. The van der Waals surface area contributed by atoms with Gasteiger partial charge in [-0.2, -0.15) is 0 Å². The van der Waals surface area contributed by atoms with Gasteiger partial charge in [-0.15, -0.1) is 10.2 Å². The van der Waals surface area contributed by atoms with Gasteiger partial charge in [-0.05, 0) is 29.8 Å². The Labute approximate surface area is 130 Å². The highest BCUT2D eigenvalue weighted by molar-refractivity contribution is 9.10. The van der Waals surface area contributed by atoms with Crippen LogP contribution in [0.5, 0.6) is 0 Å². The molecular weight excluding hydrogens is 335 g/mol. The molecule has 6 heteroatoms. The summed E-state index contributed by atoms with van der Waals surface area (Å²) in [5.74, 6) is 0.692. The van der Waals surface area contributed by atoms with Gasteiger partial charge < -0.3 is 5.32 Å². The van der Waals surface area contributed by atoms with Gasteiger partial charge in [0.25, 0.3) is 0 Å². The molecule has 0 aliphatic heterocycles. The van der Waals surface area contributed by atoms with Crippen molar-refractivity contribution in [2.75, 3.05) is 6.54 Å². The van der Waals surface area contributed by atoms with Crippen molar-refractivity contribution in [3.8, 4) is 0 Å². The molecule has 1 aromatic carbocycles. The van der Waals surface area contributed by atoms with Crippen molar-refractivity contribution in [1.29, 1.82) is 0 Å². The van der Waals surface area contributed by atoms with Crippen molar-refractivity contribution in [3.63, 3.8) is 0 Å². The molecule has 4 nitrogen and oxygen atoms in total. The molecule has 0 unspecified atom stereocenters. The van der Waals surface area contributed by atoms with Crippen LogP contribution in [0.4, 0.5) is 4.39 Å². The molecule has 0 aliphatic rings. The van der Waals surface area contributed by atoms with Crippen LogP contribution in [0.15, 0.2) is 47.1 Å². The second-order valence-electron chi connectivity index (χ2n) is 4.71. The fourth-order valence-electron chi connectivity index (χ4n) is 2.15. The van der Waals surface area contributed by atoms with Crippen LogP contribution >= 0.6 is 15.9 Å². The van der Waals surface area contributed by atoms with E-state index in [4.69, 9.17) is 0 Å². The third-order valence-corrected chi connectivity index (χ3v) is 3.98. The Kier molecular flexibility index (Phi) is 4.26. The first-order chi connectivity index (χ1) is 10.2. The topological polar surface area (TPSA) is 42.2 Å². The zero-order valence-electron chi connectivity index (χ0n) is 11.3. The zero-order valence-corrected chi connectivity index (χ0v) is 12.8. The summed E-state index contributed by atoms with van der Waals surface area (Å²) in [6.07, 6.45) is 2.74. The van der Waals surface area contributed by atoms with Gasteiger partial charge in [-0.1, -0.05) is 28.1 Å². The molecule has 0 atom stereocenters. The minimum absolute atomic E-state index is 0.236. The van der Waals surface area contributed by atoms with Crippen LogP contribution < -0.4 is 5.32 Å². The number of nitrogens with one attached hydrogen (secondary N) is 1. The molecule has 1 N–H and O–H groups in total. The molecule has 0 aliphatic carbocycles. The molecule has 0 saturated heterocycles. The third kappa shape index (κ3) is 3.28. The number of aromatic nitrogens is 3. The Balaban J connectivity index is 1.57. The van der Waals surface area contributed by atoms with E-state index in [9.17, 15) is 4.39 Å². The van der Waals surface area contributed by atoms with Crippen LogP contribution in [-0.4, -0.2) is 21.1 Å². The molecule has 0 amide bonds. The number of fused-ring (bicyclic) bond motifs is 1. The van der Waals surface area contributed by atoms with E-state index in [2.05, 4.69) is 31.4 Å². The lowest BCUT2D eigenvalue weighted by Gasteiger charge is -2.06. The van der Waals surface area contributed by atoms with Gasteiger partial charge in [0.1, 0.15) is 11.6 Å². The molecular formula is C15H14BrFN4. The smallest absolute Gasteiger partial charge is 0.160 e. The summed E-state index contributed by atoms with van der Waals surface area (Å²) in [5.41, 5.74) is 1.89. The van der Waals surface area contributed by atoms with Crippen LogP contribution in [0.2, 0.25) is 0 Å². The molecule has 0 saturated carbocycles. The molecule has 2 heterocycles. The largest absolute Gasteiger partial charge is 0.312 e. The summed E-state index contributed by atoms with van der Waals surface area (Å²) < 4.78 is 15.8. The second-order valence-corrected chi connectivity index (χ2v) is 5.56. The van der Waals surface area contributed by atoms with Crippen molar-refractivity contribution in [1.82, 2.24) is 19.9 Å². The van der Waals surface area contributed by atoms with Crippen molar-refractivity contribution in [2.24, 2.45) is 0 Å². The Morgan fingerprint density at radius 3 is 2.95 bits per heavy atom. The van der Waals surface area contributed by atoms with E-state index in [0.29, 0.717) is 6.54 Å². The van der Waals surface area contributed by atoms with Gasteiger partial charge in [0, 0.05) is 30.2 Å². The van der Waals surface area contributed by atoms with Crippen molar-refractivity contribution >= 4 is 21.6 Å². The maximum atomic E-state index is 13.0. The Morgan fingerprint density at radius 2 is 2.10 bits per heavy atom. The fraction of sp³-hybridized carbons (Fsp3) is 0.200. The SMILES string of the molecule is Fc1ccc(CNCCc2nnc3ccccn23)c(Br)c1. The third-order valence-electron chi connectivity index (χ3n) is 3.24. The van der Waals surface area contributed by atoms with Gasteiger partial charge in [0.2, 0.25) is 0 Å². The number of halogens is 2. The summed E-state index contributed by atoms with van der Waals surface area (Å²) in [6, 6.07) is 10.6. The Morgan fingerprint density at radius 1 is 1.19 bits per heavy atom. The summed E-state index contributed by atoms with van der Waals surface area (Å²) in [5, 5.41) is 11.6. The van der Waals surface area contributed by atoms with E-state index in [1.54, 1.807) is 6.07 Å². The molecule has 3 aromatic rings. The predicted molar refractivity (Wildman–Crippen MR) is 82.5 cm³/mol. The first kappa shape index (κ1) is 14.2. The maximum Gasteiger partial charge on any atom is 0.160 e. The second kappa shape index (κ2) is 6.32. The van der Waals surface area contributed by atoms with Gasteiger partial charge in [0.05, 0.1) is 0 Å². The quantitative estimate of drug-likeness (QED) is 0.720. The number of pyridine rings is 1. The van der Waals surface area contributed by atoms with E-state index in [1.807, 2.05) is 28.8 Å². The molecule has 108 valence electrons. The van der Waals surface area contributed by atoms with Crippen LogP contribution in [0, 0.1) is 5.82 Å². The van der Waals surface area contributed by atoms with E-state index in [1.165, 1.54) is 12.1 Å². The molecule has 0 radical (unpaired) electrons. The molecule has 0 fully saturated rings. The summed E-state index contributed by atoms with van der Waals surface area (Å²) >= 11 is 3.36. The average Bonchev–Trinajstić information content (AvgIpc) is 2.89. The normalized spacial score (nSPS) is 11.1. The highest BCUT2D eigenvalue weighted by Crippen LogP contribution is 2.17. The van der Waals surface area contributed by atoms with Crippen LogP contribution in [0.3, 0.4) is 0 Å². The molecule has 3 rings (SSSR count). The van der Waals surface area contributed by atoms with Crippen molar-refractivity contribution in [2.45, 2.75) is 13.0 Å². The van der Waals surface area contributed by atoms with Crippen molar-refractivity contribution < 1.29 is 4.39 Å². The average molecular weight is 349 g/mol. The van der Waals surface area contributed by atoms with Gasteiger partial charge in [-0.3, -0.25) is 4.40 Å². The number of rotatable bonds is 5. The van der Waals surface area contributed by atoms with Gasteiger partial charge >= 0.3 is 0 Å². The van der Waals surface area contributed by atoms with Crippen LogP contribution in [-0.2, 0) is 13.0 Å². The summed E-state index contributed by atoms with van der Waals surface area (Å²) in [6.45, 7) is 1.46. The number of benzene rings is 1. The first-order valence-electron chi connectivity index (χ1n) is 6.67. The predicted octanol–water partition coefficient (Wildman–Crippen LogP) is 2.96. The van der Waals surface area contributed by atoms with E-state index < -0.39 is 0 Å². The Bertz CT molecular complexity index is 756. The van der Waals surface area contributed by atoms with Crippen molar-refractivity contribution in [3.05, 3.63) is 64.3 Å². The van der Waals surface area contributed by atoms with E-state index >= 15 is 0 Å². The summed E-state index contributed by atoms with van der Waals surface area (Å²) in [7, 11) is 0. The van der Waals surface area contributed by atoms with Crippen LogP contribution in [0.1, 0.15) is 11.4 Å². The lowest BCUT2D eigenvalue weighted by molar-refractivity contribution is 0.622. The zero-order chi connectivity index (χ0) is 14.7. The molecule has 0 bridgehead atoms. The van der Waals surface area contributed by atoms with E-state index in [-0.39, 0.29) is 5.82 Å². The maximum absolute atomic E-state index is 13.0. The van der Waals surface area contributed by atoms with Gasteiger partial charge in [-0.25, -0.2) is 4.39 Å². The molecule has 0 spiro atoms. The monoisotopic (exact) mass is 348 g/mol. The standard InChI is InChI=1S/C15H14BrFN4/c16-13-9-12(17)5-4-11(13)10-18-7-6-15-20-19-14-3-1-2-8-21(14)15/h1-5,8-9,18H,6-7,10H2. The van der Waals surface area contributed by atoms with E-state index in [0.717, 1.165) is 34.5 Å². The number of nitrogens with zero attached hydrogens (tertiary/aromatic N) is 3. The minimum Gasteiger partial charge on any atom is -0.312 e. The lowest BCUT2D eigenvalue weighted by atomic mass is 10.2. The number of hydrogen-bond acceptors (Lipinski definition) is 3. The molecule has 2 aromatic heterocycles. The van der Waals surface area contributed by atoms with Crippen LogP contribution in [0.25, 0.3) is 5.65 Å². The first-order valence-corrected chi connectivity index (χ1v) is 7.46. The summed E-state index contributed by atoms with van der Waals surface area (Å²) in [4.78, 5) is 0. The Hall–Kier alpha value is -1.79. The highest BCUT2D eigenvalue weighted by atomic mass is 79.9. The number of hydrogen-bond donors (Lipinski definition) is 1. The highest BCUT2D eigenvalue weighted by Gasteiger charge is 2.05. The fourth-order valence-corrected chi connectivity index (χ4v) is 2.64.